The molecule has 0 amide bonds. The summed E-state index contributed by atoms with van der Waals surface area (Å²) in [5.74, 6) is 0. The lowest BCUT2D eigenvalue weighted by molar-refractivity contribution is 0.0492. The first-order valence-electron chi connectivity index (χ1n) is 7.27. The number of rotatable bonds is 5. The molecule has 1 heterocycles. The molecule has 114 valence electrons. The van der Waals surface area contributed by atoms with Gasteiger partial charge >= 0.3 is 0 Å². The summed E-state index contributed by atoms with van der Waals surface area (Å²) in [6.45, 7) is 4.77. The molecule has 2 unspecified atom stereocenters. The SMILES string of the molecule is CCc1cc(CC2(O)CCCC2S(C)(=O)=O)n(CC)n1. The number of sulfone groups is 1. The lowest BCUT2D eigenvalue weighted by Gasteiger charge is -2.29. The molecule has 1 N–H and O–H groups in total. The molecule has 0 bridgehead atoms. The van der Waals surface area contributed by atoms with Gasteiger partial charge in [-0.25, -0.2) is 8.42 Å². The van der Waals surface area contributed by atoms with Crippen LogP contribution < -0.4 is 0 Å². The van der Waals surface area contributed by atoms with Gasteiger partial charge < -0.3 is 5.11 Å². The maximum Gasteiger partial charge on any atom is 0.153 e. The average Bonchev–Trinajstić information content (AvgIpc) is 2.92. The normalized spacial score (nSPS) is 27.1. The minimum Gasteiger partial charge on any atom is -0.388 e. The Morgan fingerprint density at radius 2 is 2.20 bits per heavy atom. The molecule has 1 aromatic rings. The molecule has 0 aromatic carbocycles. The third-order valence-electron chi connectivity index (χ3n) is 4.26. The van der Waals surface area contributed by atoms with E-state index in [0.29, 0.717) is 19.3 Å². The Bertz CT molecular complexity index is 579. The van der Waals surface area contributed by atoms with E-state index in [2.05, 4.69) is 5.10 Å². The van der Waals surface area contributed by atoms with E-state index in [1.807, 2.05) is 24.6 Å². The maximum absolute atomic E-state index is 11.9. The van der Waals surface area contributed by atoms with Crippen molar-refractivity contribution in [2.45, 2.75) is 63.3 Å². The number of nitrogens with zero attached hydrogens (tertiary/aromatic N) is 2. The summed E-state index contributed by atoms with van der Waals surface area (Å²) in [6, 6.07) is 1.99. The van der Waals surface area contributed by atoms with Crippen molar-refractivity contribution in [3.63, 3.8) is 0 Å². The zero-order chi connectivity index (χ0) is 15.0. The van der Waals surface area contributed by atoms with Crippen LogP contribution in [0.4, 0.5) is 0 Å². The van der Waals surface area contributed by atoms with Gasteiger partial charge in [0.15, 0.2) is 9.84 Å². The van der Waals surface area contributed by atoms with Crippen LogP contribution in [0.3, 0.4) is 0 Å². The molecule has 2 rings (SSSR count). The number of hydrogen-bond donors (Lipinski definition) is 1. The van der Waals surface area contributed by atoms with Crippen LogP contribution in [0.25, 0.3) is 0 Å². The Morgan fingerprint density at radius 1 is 1.50 bits per heavy atom. The summed E-state index contributed by atoms with van der Waals surface area (Å²) >= 11 is 0. The van der Waals surface area contributed by atoms with Crippen molar-refractivity contribution in [1.29, 1.82) is 0 Å². The topological polar surface area (TPSA) is 72.2 Å². The van der Waals surface area contributed by atoms with Crippen molar-refractivity contribution in [3.8, 4) is 0 Å². The zero-order valence-corrected chi connectivity index (χ0v) is 13.3. The van der Waals surface area contributed by atoms with E-state index in [1.54, 1.807) is 0 Å². The minimum atomic E-state index is -3.23. The summed E-state index contributed by atoms with van der Waals surface area (Å²) in [4.78, 5) is 0. The molecular formula is C14H24N2O3S. The average molecular weight is 300 g/mol. The van der Waals surface area contributed by atoms with Gasteiger partial charge in [-0.3, -0.25) is 4.68 Å². The van der Waals surface area contributed by atoms with E-state index in [9.17, 15) is 13.5 Å². The summed E-state index contributed by atoms with van der Waals surface area (Å²) < 4.78 is 25.6. The second-order valence-electron chi connectivity index (χ2n) is 5.79. The second-order valence-corrected chi connectivity index (χ2v) is 8.02. The number of hydrogen-bond acceptors (Lipinski definition) is 4. The summed E-state index contributed by atoms with van der Waals surface area (Å²) in [6.07, 6.45) is 4.29. The van der Waals surface area contributed by atoms with E-state index in [-0.39, 0.29) is 0 Å². The Labute approximate surface area is 120 Å². The minimum absolute atomic E-state index is 0.367. The first-order chi connectivity index (χ1) is 9.30. The molecule has 0 aliphatic heterocycles. The van der Waals surface area contributed by atoms with Crippen molar-refractivity contribution >= 4 is 9.84 Å². The predicted molar refractivity (Wildman–Crippen MR) is 78.4 cm³/mol. The second kappa shape index (κ2) is 5.48. The number of aliphatic hydroxyl groups is 1. The molecule has 1 aliphatic rings. The molecule has 6 heteroatoms. The van der Waals surface area contributed by atoms with Crippen LogP contribution in [0, 0.1) is 0 Å². The maximum atomic E-state index is 11.9. The highest BCUT2D eigenvalue weighted by molar-refractivity contribution is 7.91. The Morgan fingerprint density at radius 3 is 2.75 bits per heavy atom. The molecule has 1 aliphatic carbocycles. The van der Waals surface area contributed by atoms with E-state index in [1.165, 1.54) is 6.26 Å². The molecular weight excluding hydrogens is 276 g/mol. The van der Waals surface area contributed by atoms with Crippen LogP contribution >= 0.6 is 0 Å². The van der Waals surface area contributed by atoms with Gasteiger partial charge in [-0.05, 0) is 38.7 Å². The fourth-order valence-corrected chi connectivity index (χ4v) is 4.85. The third kappa shape index (κ3) is 2.91. The van der Waals surface area contributed by atoms with Gasteiger partial charge in [0.1, 0.15) is 0 Å². The lowest BCUT2D eigenvalue weighted by atomic mass is 9.95. The van der Waals surface area contributed by atoms with Crippen LogP contribution in [-0.4, -0.2) is 40.4 Å². The largest absolute Gasteiger partial charge is 0.388 e. The summed E-state index contributed by atoms with van der Waals surface area (Å²) in [7, 11) is -3.23. The highest BCUT2D eigenvalue weighted by Crippen LogP contribution is 2.37. The molecule has 1 fully saturated rings. The van der Waals surface area contributed by atoms with E-state index in [0.717, 1.165) is 30.8 Å². The Balaban J connectivity index is 2.30. The third-order valence-corrected chi connectivity index (χ3v) is 5.96. The molecule has 1 aromatic heterocycles. The fraction of sp³-hybridized carbons (Fsp3) is 0.786. The van der Waals surface area contributed by atoms with Gasteiger partial charge in [0.2, 0.25) is 0 Å². The Hall–Kier alpha value is -0.880. The first-order valence-corrected chi connectivity index (χ1v) is 9.22. The fourth-order valence-electron chi connectivity index (χ4n) is 3.26. The smallest absolute Gasteiger partial charge is 0.153 e. The van der Waals surface area contributed by atoms with Crippen molar-refractivity contribution in [1.82, 2.24) is 9.78 Å². The van der Waals surface area contributed by atoms with Crippen molar-refractivity contribution in [3.05, 3.63) is 17.5 Å². The highest BCUT2D eigenvalue weighted by atomic mass is 32.2. The van der Waals surface area contributed by atoms with E-state index in [4.69, 9.17) is 0 Å². The standard InChI is InChI=1S/C14H24N2O3S/c1-4-11-9-12(16(5-2)15-11)10-14(17)8-6-7-13(14)20(3,18)19/h9,13,17H,4-8,10H2,1-3H3. The molecule has 0 radical (unpaired) electrons. The van der Waals surface area contributed by atoms with Crippen LogP contribution in [0.1, 0.15) is 44.5 Å². The molecule has 0 spiro atoms. The molecule has 20 heavy (non-hydrogen) atoms. The first kappa shape index (κ1) is 15.5. The van der Waals surface area contributed by atoms with Crippen LogP contribution in [0.2, 0.25) is 0 Å². The van der Waals surface area contributed by atoms with Crippen LogP contribution in [-0.2, 0) is 29.2 Å². The molecule has 0 saturated heterocycles. The van der Waals surface area contributed by atoms with Gasteiger partial charge in [0.25, 0.3) is 0 Å². The lowest BCUT2D eigenvalue weighted by Crippen LogP contribution is -2.44. The van der Waals surface area contributed by atoms with Gasteiger partial charge in [-0.1, -0.05) is 6.92 Å². The van der Waals surface area contributed by atoms with Gasteiger partial charge in [0.05, 0.1) is 16.5 Å². The quantitative estimate of drug-likeness (QED) is 0.890. The van der Waals surface area contributed by atoms with Gasteiger partial charge in [-0.15, -0.1) is 0 Å². The monoisotopic (exact) mass is 300 g/mol. The number of aromatic nitrogens is 2. The van der Waals surface area contributed by atoms with Gasteiger partial charge in [-0.2, -0.15) is 5.10 Å². The molecule has 5 nitrogen and oxygen atoms in total. The number of aryl methyl sites for hydroxylation is 2. The Kier molecular flexibility index (Phi) is 4.25. The van der Waals surface area contributed by atoms with Crippen molar-refractivity contribution in [2.24, 2.45) is 0 Å². The van der Waals surface area contributed by atoms with E-state index >= 15 is 0 Å². The highest BCUT2D eigenvalue weighted by Gasteiger charge is 2.47. The predicted octanol–water partition coefficient (Wildman–Crippen LogP) is 1.34. The van der Waals surface area contributed by atoms with Crippen LogP contribution in [0.5, 0.6) is 0 Å². The van der Waals surface area contributed by atoms with Crippen molar-refractivity contribution < 1.29 is 13.5 Å². The van der Waals surface area contributed by atoms with Crippen LogP contribution in [0.15, 0.2) is 6.07 Å². The van der Waals surface area contributed by atoms with Gasteiger partial charge in [0, 0.05) is 24.9 Å². The molecule has 1 saturated carbocycles. The summed E-state index contributed by atoms with van der Waals surface area (Å²) in [5.41, 5.74) is 0.771. The zero-order valence-electron chi connectivity index (χ0n) is 12.5. The molecule has 2 atom stereocenters. The van der Waals surface area contributed by atoms with Crippen molar-refractivity contribution in [2.75, 3.05) is 6.26 Å². The van der Waals surface area contributed by atoms with E-state index < -0.39 is 20.7 Å². The summed E-state index contributed by atoms with van der Waals surface area (Å²) in [5, 5.41) is 14.6.